The topological polar surface area (TPSA) is 84.2 Å². The van der Waals surface area contributed by atoms with Crippen LogP contribution in [0.25, 0.3) is 0 Å². The number of carbonyl (C=O) groups excluding carboxylic acids is 1. The fourth-order valence-corrected chi connectivity index (χ4v) is 2.32. The SMILES string of the molecule is Cc1c(Cl)c(C(=O)NC(CC(=O)O)c2ccc(F)cc2)nn1C. The third kappa shape index (κ3) is 3.87. The molecule has 122 valence electrons. The van der Waals surface area contributed by atoms with E-state index in [1.54, 1.807) is 14.0 Å². The van der Waals surface area contributed by atoms with Gasteiger partial charge in [-0.15, -0.1) is 0 Å². The third-order valence-corrected chi connectivity index (χ3v) is 3.88. The lowest BCUT2D eigenvalue weighted by molar-refractivity contribution is -0.137. The number of carboxylic acid groups (broad SMARTS) is 1. The highest BCUT2D eigenvalue weighted by molar-refractivity contribution is 6.34. The van der Waals surface area contributed by atoms with E-state index in [0.717, 1.165) is 0 Å². The predicted octanol–water partition coefficient (Wildman–Crippen LogP) is 2.47. The molecule has 0 saturated heterocycles. The number of amides is 1. The number of hydrogen-bond acceptors (Lipinski definition) is 3. The van der Waals surface area contributed by atoms with Gasteiger partial charge in [-0.25, -0.2) is 4.39 Å². The normalized spacial score (nSPS) is 12.0. The van der Waals surface area contributed by atoms with Gasteiger partial charge in [0.25, 0.3) is 5.91 Å². The van der Waals surface area contributed by atoms with Crippen molar-refractivity contribution in [1.29, 1.82) is 0 Å². The molecular weight excluding hydrogens is 325 g/mol. The average molecular weight is 340 g/mol. The van der Waals surface area contributed by atoms with Crippen molar-refractivity contribution in [1.82, 2.24) is 15.1 Å². The van der Waals surface area contributed by atoms with Gasteiger partial charge in [0, 0.05) is 7.05 Å². The Bertz CT molecular complexity index is 743. The summed E-state index contributed by atoms with van der Waals surface area (Å²) >= 11 is 6.05. The average Bonchev–Trinajstić information content (AvgIpc) is 2.74. The van der Waals surface area contributed by atoms with E-state index in [1.807, 2.05) is 0 Å². The third-order valence-electron chi connectivity index (χ3n) is 3.43. The number of aryl methyl sites for hydroxylation is 1. The van der Waals surface area contributed by atoms with Gasteiger partial charge in [0.15, 0.2) is 5.69 Å². The molecule has 0 aliphatic heterocycles. The van der Waals surface area contributed by atoms with Crippen molar-refractivity contribution < 1.29 is 19.1 Å². The van der Waals surface area contributed by atoms with Gasteiger partial charge in [-0.2, -0.15) is 5.10 Å². The minimum absolute atomic E-state index is 0.0177. The lowest BCUT2D eigenvalue weighted by Crippen LogP contribution is -2.30. The number of aromatic nitrogens is 2. The molecule has 0 aliphatic carbocycles. The van der Waals surface area contributed by atoms with Gasteiger partial charge in [-0.3, -0.25) is 14.3 Å². The van der Waals surface area contributed by atoms with E-state index in [1.165, 1.54) is 28.9 Å². The Hall–Kier alpha value is -2.41. The maximum absolute atomic E-state index is 13.0. The first-order valence-corrected chi connectivity index (χ1v) is 7.14. The number of rotatable bonds is 5. The molecule has 2 aromatic rings. The number of hydrogen-bond donors (Lipinski definition) is 2. The second-order valence-corrected chi connectivity index (χ2v) is 5.43. The lowest BCUT2D eigenvalue weighted by atomic mass is 10.0. The Kier molecular flexibility index (Phi) is 5.00. The largest absolute Gasteiger partial charge is 0.481 e. The van der Waals surface area contributed by atoms with Crippen LogP contribution in [0.5, 0.6) is 0 Å². The van der Waals surface area contributed by atoms with Crippen LogP contribution in [0.3, 0.4) is 0 Å². The monoisotopic (exact) mass is 339 g/mol. The molecule has 1 unspecified atom stereocenters. The summed E-state index contributed by atoms with van der Waals surface area (Å²) in [4.78, 5) is 23.3. The second-order valence-electron chi connectivity index (χ2n) is 5.05. The Labute approximate surface area is 136 Å². The van der Waals surface area contributed by atoms with E-state index in [2.05, 4.69) is 10.4 Å². The quantitative estimate of drug-likeness (QED) is 0.876. The van der Waals surface area contributed by atoms with E-state index < -0.39 is 23.7 Å². The van der Waals surface area contributed by atoms with Gasteiger partial charge in [0.05, 0.1) is 23.2 Å². The summed E-state index contributed by atoms with van der Waals surface area (Å²) in [6, 6.07) is 4.44. The fraction of sp³-hybridized carbons (Fsp3) is 0.267. The smallest absolute Gasteiger partial charge is 0.305 e. The van der Waals surface area contributed by atoms with Crippen molar-refractivity contribution in [3.8, 4) is 0 Å². The molecule has 0 aliphatic rings. The molecular formula is C15H15ClFN3O3. The molecule has 1 atom stereocenters. The van der Waals surface area contributed by atoms with Crippen molar-refractivity contribution in [2.24, 2.45) is 7.05 Å². The van der Waals surface area contributed by atoms with Crippen LogP contribution in [0.1, 0.15) is 34.2 Å². The van der Waals surface area contributed by atoms with Crippen LogP contribution in [0.2, 0.25) is 5.02 Å². The van der Waals surface area contributed by atoms with Crippen molar-refractivity contribution >= 4 is 23.5 Å². The van der Waals surface area contributed by atoms with E-state index in [-0.39, 0.29) is 17.1 Å². The summed E-state index contributed by atoms with van der Waals surface area (Å²) in [5.41, 5.74) is 1.11. The number of halogens is 2. The molecule has 0 bridgehead atoms. The zero-order valence-electron chi connectivity index (χ0n) is 12.5. The summed E-state index contributed by atoms with van der Waals surface area (Å²) in [5, 5.41) is 15.8. The highest BCUT2D eigenvalue weighted by atomic mass is 35.5. The maximum Gasteiger partial charge on any atom is 0.305 e. The molecule has 2 rings (SSSR count). The van der Waals surface area contributed by atoms with Crippen LogP contribution in [0, 0.1) is 12.7 Å². The van der Waals surface area contributed by atoms with Gasteiger partial charge in [-0.05, 0) is 24.6 Å². The number of benzene rings is 1. The van der Waals surface area contributed by atoms with E-state index in [4.69, 9.17) is 16.7 Å². The minimum Gasteiger partial charge on any atom is -0.481 e. The minimum atomic E-state index is -1.09. The highest BCUT2D eigenvalue weighted by Gasteiger charge is 2.23. The molecule has 6 nitrogen and oxygen atoms in total. The predicted molar refractivity (Wildman–Crippen MR) is 81.8 cm³/mol. The van der Waals surface area contributed by atoms with Gasteiger partial charge in [0.2, 0.25) is 0 Å². The number of carboxylic acids is 1. The first-order chi connectivity index (χ1) is 10.8. The maximum atomic E-state index is 13.0. The highest BCUT2D eigenvalue weighted by Crippen LogP contribution is 2.22. The first kappa shape index (κ1) is 17.0. The number of nitrogens with zero attached hydrogens (tertiary/aromatic N) is 2. The number of nitrogens with one attached hydrogen (secondary N) is 1. The summed E-state index contributed by atoms with van der Waals surface area (Å²) in [6.45, 7) is 1.71. The van der Waals surface area contributed by atoms with Crippen LogP contribution >= 0.6 is 11.6 Å². The molecule has 2 N–H and O–H groups in total. The van der Waals surface area contributed by atoms with E-state index in [0.29, 0.717) is 11.3 Å². The summed E-state index contributed by atoms with van der Waals surface area (Å²) in [5.74, 6) is -2.13. The number of aliphatic carboxylic acids is 1. The molecule has 1 amide bonds. The molecule has 1 heterocycles. The van der Waals surface area contributed by atoms with E-state index >= 15 is 0 Å². The van der Waals surface area contributed by atoms with Crippen LogP contribution in [-0.4, -0.2) is 26.8 Å². The molecule has 23 heavy (non-hydrogen) atoms. The van der Waals surface area contributed by atoms with Crippen molar-refractivity contribution in [3.05, 3.63) is 52.1 Å². The molecule has 1 aromatic carbocycles. The summed E-state index contributed by atoms with van der Waals surface area (Å²) in [6.07, 6.45) is -0.346. The Morgan fingerprint density at radius 3 is 2.48 bits per heavy atom. The number of carbonyl (C=O) groups is 2. The zero-order valence-corrected chi connectivity index (χ0v) is 13.3. The molecule has 0 spiro atoms. The van der Waals surface area contributed by atoms with Gasteiger partial charge >= 0.3 is 5.97 Å². The second kappa shape index (κ2) is 6.78. The Morgan fingerprint density at radius 1 is 1.39 bits per heavy atom. The zero-order chi connectivity index (χ0) is 17.1. The fourth-order valence-electron chi connectivity index (χ4n) is 2.08. The van der Waals surface area contributed by atoms with Gasteiger partial charge in [-0.1, -0.05) is 23.7 Å². The molecule has 1 aromatic heterocycles. The van der Waals surface area contributed by atoms with Crippen molar-refractivity contribution in [2.75, 3.05) is 0 Å². The van der Waals surface area contributed by atoms with Gasteiger partial charge < -0.3 is 10.4 Å². The Morgan fingerprint density at radius 2 is 2.00 bits per heavy atom. The molecule has 8 heteroatoms. The molecule has 0 fully saturated rings. The van der Waals surface area contributed by atoms with Crippen molar-refractivity contribution in [2.45, 2.75) is 19.4 Å². The van der Waals surface area contributed by atoms with E-state index in [9.17, 15) is 14.0 Å². The lowest BCUT2D eigenvalue weighted by Gasteiger charge is -2.17. The molecule has 0 radical (unpaired) electrons. The standard InChI is InChI=1S/C15H15ClFN3O3/c1-8-13(16)14(19-20(8)2)15(23)18-11(7-12(21)22)9-3-5-10(17)6-4-9/h3-6,11H,7H2,1-2H3,(H,18,23)(H,21,22). The summed E-state index contributed by atoms with van der Waals surface area (Å²) < 4.78 is 14.5. The van der Waals surface area contributed by atoms with Gasteiger partial charge in [0.1, 0.15) is 5.82 Å². The van der Waals surface area contributed by atoms with Crippen LogP contribution in [0.4, 0.5) is 4.39 Å². The Balaban J connectivity index is 2.26. The van der Waals surface area contributed by atoms with Crippen LogP contribution in [0.15, 0.2) is 24.3 Å². The van der Waals surface area contributed by atoms with Crippen molar-refractivity contribution in [3.63, 3.8) is 0 Å². The first-order valence-electron chi connectivity index (χ1n) is 6.76. The summed E-state index contributed by atoms with van der Waals surface area (Å²) in [7, 11) is 1.65. The molecule has 0 saturated carbocycles. The van der Waals surface area contributed by atoms with Crippen LogP contribution in [-0.2, 0) is 11.8 Å². The van der Waals surface area contributed by atoms with Crippen LogP contribution < -0.4 is 5.32 Å².